The van der Waals surface area contributed by atoms with Gasteiger partial charge in [0.2, 0.25) is 0 Å². The zero-order valence-electron chi connectivity index (χ0n) is 13.3. The van der Waals surface area contributed by atoms with Crippen molar-refractivity contribution < 1.29 is 4.74 Å². The topological polar surface area (TPSA) is 83.1 Å². The Morgan fingerprint density at radius 1 is 1.13 bits per heavy atom. The number of hydrogen-bond donors (Lipinski definition) is 1. The second-order valence-electron chi connectivity index (χ2n) is 6.01. The number of aryl methyl sites for hydroxylation is 1. The maximum atomic E-state index is 5.82. The molecule has 0 aromatic carbocycles. The second-order valence-corrected chi connectivity index (χ2v) is 6.01. The van der Waals surface area contributed by atoms with Crippen LogP contribution in [0.4, 0.5) is 11.6 Å². The highest BCUT2D eigenvalue weighted by atomic mass is 16.5. The number of hydrogen-bond acceptors (Lipinski definition) is 7. The summed E-state index contributed by atoms with van der Waals surface area (Å²) in [5, 5.41) is 7.09. The molecular formula is C15H21N7O. The Labute approximate surface area is 134 Å². The van der Waals surface area contributed by atoms with E-state index in [9.17, 15) is 0 Å². The van der Waals surface area contributed by atoms with Crippen LogP contribution in [0.15, 0.2) is 12.4 Å². The van der Waals surface area contributed by atoms with E-state index in [0.717, 1.165) is 37.1 Å². The van der Waals surface area contributed by atoms with E-state index in [4.69, 9.17) is 4.74 Å². The summed E-state index contributed by atoms with van der Waals surface area (Å²) in [6.07, 6.45) is 4.01. The summed E-state index contributed by atoms with van der Waals surface area (Å²) in [5.74, 6) is 3.48. The van der Waals surface area contributed by atoms with Crippen LogP contribution in [0.3, 0.4) is 0 Å². The van der Waals surface area contributed by atoms with Gasteiger partial charge in [0.05, 0.1) is 13.2 Å². The van der Waals surface area contributed by atoms with Crippen LogP contribution in [-0.2, 0) is 4.74 Å². The van der Waals surface area contributed by atoms with Crippen molar-refractivity contribution in [2.75, 3.05) is 42.6 Å². The van der Waals surface area contributed by atoms with Crippen molar-refractivity contribution in [1.29, 1.82) is 0 Å². The lowest BCUT2D eigenvalue weighted by Crippen LogP contribution is -2.39. The number of morpholine rings is 1. The van der Waals surface area contributed by atoms with Gasteiger partial charge in [0, 0.05) is 25.7 Å². The lowest BCUT2D eigenvalue weighted by atomic mass is 10.2. The van der Waals surface area contributed by atoms with Crippen LogP contribution in [-0.4, -0.2) is 57.9 Å². The number of aromatic nitrogens is 5. The maximum Gasteiger partial charge on any atom is 0.181 e. The molecule has 0 spiro atoms. The highest BCUT2D eigenvalue weighted by Crippen LogP contribution is 2.25. The van der Waals surface area contributed by atoms with Crippen LogP contribution in [0.25, 0.3) is 0 Å². The molecule has 1 N–H and O–H groups in total. The predicted molar refractivity (Wildman–Crippen MR) is 85.5 cm³/mol. The first-order valence-electron chi connectivity index (χ1n) is 8.12. The van der Waals surface area contributed by atoms with E-state index in [-0.39, 0.29) is 6.10 Å². The van der Waals surface area contributed by atoms with E-state index in [1.54, 1.807) is 6.33 Å². The summed E-state index contributed by atoms with van der Waals surface area (Å²) in [6.45, 7) is 6.21. The third kappa shape index (κ3) is 2.98. The molecule has 8 nitrogen and oxygen atoms in total. The van der Waals surface area contributed by atoms with Gasteiger partial charge >= 0.3 is 0 Å². The summed E-state index contributed by atoms with van der Waals surface area (Å²) >= 11 is 0. The zero-order valence-corrected chi connectivity index (χ0v) is 13.3. The van der Waals surface area contributed by atoms with Gasteiger partial charge in [0.15, 0.2) is 5.82 Å². The lowest BCUT2D eigenvalue weighted by Gasteiger charge is -2.32. The number of aromatic amines is 1. The molecule has 4 rings (SSSR count). The molecule has 2 aliphatic heterocycles. The Balaban J connectivity index is 1.52. The Morgan fingerprint density at radius 2 is 1.91 bits per heavy atom. The number of nitrogens with zero attached hydrogens (tertiary/aromatic N) is 6. The van der Waals surface area contributed by atoms with Crippen LogP contribution < -0.4 is 9.80 Å². The molecule has 0 radical (unpaired) electrons. The molecule has 2 fully saturated rings. The molecule has 122 valence electrons. The molecule has 23 heavy (non-hydrogen) atoms. The minimum Gasteiger partial charge on any atom is -0.366 e. The monoisotopic (exact) mass is 315 g/mol. The maximum absolute atomic E-state index is 5.82. The lowest BCUT2D eigenvalue weighted by molar-refractivity contribution is 0.0339. The van der Waals surface area contributed by atoms with Crippen LogP contribution >= 0.6 is 0 Å². The molecule has 0 bridgehead atoms. The number of anilines is 2. The Kier molecular flexibility index (Phi) is 3.82. The molecule has 0 unspecified atom stereocenters. The highest BCUT2D eigenvalue weighted by Gasteiger charge is 2.26. The average Bonchev–Trinajstić information content (AvgIpc) is 3.27. The predicted octanol–water partition coefficient (Wildman–Crippen LogP) is 1.08. The first-order valence-corrected chi connectivity index (χ1v) is 8.12. The van der Waals surface area contributed by atoms with Gasteiger partial charge in [0.25, 0.3) is 0 Å². The summed E-state index contributed by atoms with van der Waals surface area (Å²) < 4.78 is 5.82. The van der Waals surface area contributed by atoms with E-state index in [2.05, 4.69) is 41.0 Å². The van der Waals surface area contributed by atoms with E-state index in [1.165, 1.54) is 12.8 Å². The van der Waals surface area contributed by atoms with Crippen molar-refractivity contribution in [3.8, 4) is 0 Å². The summed E-state index contributed by atoms with van der Waals surface area (Å²) in [6, 6.07) is 2.08. The summed E-state index contributed by atoms with van der Waals surface area (Å²) in [4.78, 5) is 17.8. The quantitative estimate of drug-likeness (QED) is 0.907. The fraction of sp³-hybridized carbons (Fsp3) is 0.600. The fourth-order valence-electron chi connectivity index (χ4n) is 3.15. The molecule has 1 atom stereocenters. The van der Waals surface area contributed by atoms with E-state index >= 15 is 0 Å². The van der Waals surface area contributed by atoms with Gasteiger partial charge in [-0.2, -0.15) is 5.10 Å². The molecule has 2 aromatic heterocycles. The number of H-pyrrole nitrogens is 1. The molecule has 2 aliphatic rings. The van der Waals surface area contributed by atoms with Crippen molar-refractivity contribution in [3.05, 3.63) is 24.0 Å². The molecule has 0 aliphatic carbocycles. The van der Waals surface area contributed by atoms with Gasteiger partial charge in [-0.1, -0.05) is 0 Å². The van der Waals surface area contributed by atoms with E-state index < -0.39 is 0 Å². The van der Waals surface area contributed by atoms with Crippen molar-refractivity contribution in [2.45, 2.75) is 25.9 Å². The standard InChI is InChI=1S/C15H21N7O/c1-11-18-15(20-19-11)12-9-22(6-7-23-12)14-8-13(16-10-17-14)21-4-2-3-5-21/h8,10,12H,2-7,9H2,1H3,(H,18,19,20)/t12-/m1/s1. The number of rotatable bonds is 3. The summed E-state index contributed by atoms with van der Waals surface area (Å²) in [5.41, 5.74) is 0. The Bertz CT molecular complexity index is 667. The number of nitrogens with one attached hydrogen (secondary N) is 1. The van der Waals surface area contributed by atoms with Crippen LogP contribution in [0.1, 0.15) is 30.6 Å². The highest BCUT2D eigenvalue weighted by molar-refractivity contribution is 5.50. The Hall–Kier alpha value is -2.22. The first-order chi connectivity index (χ1) is 11.3. The van der Waals surface area contributed by atoms with Crippen LogP contribution in [0, 0.1) is 6.92 Å². The molecule has 2 saturated heterocycles. The van der Waals surface area contributed by atoms with Gasteiger partial charge in [-0.25, -0.2) is 15.0 Å². The van der Waals surface area contributed by atoms with E-state index in [0.29, 0.717) is 19.0 Å². The SMILES string of the molecule is Cc1nc([C@H]2CN(c3cc(N4CCCC4)ncn3)CCO2)n[nH]1. The molecule has 0 saturated carbocycles. The second kappa shape index (κ2) is 6.11. The van der Waals surface area contributed by atoms with Crippen molar-refractivity contribution in [3.63, 3.8) is 0 Å². The number of ether oxygens (including phenoxy) is 1. The largest absolute Gasteiger partial charge is 0.366 e. The van der Waals surface area contributed by atoms with Crippen molar-refractivity contribution in [2.24, 2.45) is 0 Å². The van der Waals surface area contributed by atoms with Gasteiger partial charge in [-0.3, -0.25) is 5.10 Å². The third-order valence-electron chi connectivity index (χ3n) is 4.36. The first kappa shape index (κ1) is 14.4. The van der Waals surface area contributed by atoms with E-state index in [1.807, 2.05) is 6.92 Å². The molecule has 8 heteroatoms. The van der Waals surface area contributed by atoms with Crippen molar-refractivity contribution in [1.82, 2.24) is 25.1 Å². The fourth-order valence-corrected chi connectivity index (χ4v) is 3.15. The third-order valence-corrected chi connectivity index (χ3v) is 4.36. The van der Waals surface area contributed by atoms with Gasteiger partial charge in [-0.15, -0.1) is 0 Å². The van der Waals surface area contributed by atoms with Crippen LogP contribution in [0.5, 0.6) is 0 Å². The van der Waals surface area contributed by atoms with Crippen molar-refractivity contribution >= 4 is 11.6 Å². The summed E-state index contributed by atoms with van der Waals surface area (Å²) in [7, 11) is 0. The van der Waals surface area contributed by atoms with Gasteiger partial charge in [-0.05, 0) is 19.8 Å². The molecular weight excluding hydrogens is 294 g/mol. The molecule has 4 heterocycles. The minimum atomic E-state index is -0.126. The van der Waals surface area contributed by atoms with Gasteiger partial charge < -0.3 is 14.5 Å². The normalized spacial score (nSPS) is 21.9. The average molecular weight is 315 g/mol. The molecule has 0 amide bonds. The zero-order chi connectivity index (χ0) is 15.6. The minimum absolute atomic E-state index is 0.126. The molecule has 2 aromatic rings. The van der Waals surface area contributed by atoms with Crippen LogP contribution in [0.2, 0.25) is 0 Å². The Morgan fingerprint density at radius 3 is 2.65 bits per heavy atom. The van der Waals surface area contributed by atoms with Gasteiger partial charge in [0.1, 0.15) is 29.9 Å². The smallest absolute Gasteiger partial charge is 0.181 e.